The van der Waals surface area contributed by atoms with Gasteiger partial charge in [-0.1, -0.05) is 0 Å². The maximum atomic E-state index is 13.3. The van der Waals surface area contributed by atoms with E-state index in [1.54, 1.807) is 39.2 Å². The minimum absolute atomic E-state index is 0.162. The molecule has 0 N–H and O–H groups in total. The molecule has 0 aliphatic carbocycles. The second kappa shape index (κ2) is 7.17. The Kier molecular flexibility index (Phi) is 6.54. The zero-order chi connectivity index (χ0) is 24.5. The second-order valence-corrected chi connectivity index (χ2v) is 10.7. The number of carbonyl (C=O) groups excluding carboxylic acids is 1. The summed E-state index contributed by atoms with van der Waals surface area (Å²) in [4.78, 5) is 16.2. The number of piperazine rings is 1. The maximum absolute atomic E-state index is 13.3. The Bertz CT molecular complexity index is 680. The summed E-state index contributed by atoms with van der Waals surface area (Å²) in [6.07, 6.45) is -13.3. The van der Waals surface area contributed by atoms with Crippen LogP contribution in [-0.2, 0) is 4.74 Å². The average Bonchev–Trinajstić information content (AvgIpc) is 2.40. The smallest absolute Gasteiger partial charge is 0.428 e. The first-order chi connectivity index (χ1) is 12.8. The van der Waals surface area contributed by atoms with Gasteiger partial charge in [0.2, 0.25) is 0 Å². The van der Waals surface area contributed by atoms with Gasteiger partial charge >= 0.3 is 18.4 Å². The van der Waals surface area contributed by atoms with Crippen LogP contribution in [0.25, 0.3) is 0 Å². The van der Waals surface area contributed by atoms with Crippen molar-refractivity contribution in [3.63, 3.8) is 0 Å². The van der Waals surface area contributed by atoms with Crippen LogP contribution in [0.4, 0.5) is 31.1 Å². The lowest BCUT2D eigenvalue weighted by atomic mass is 9.31. The highest BCUT2D eigenvalue weighted by Crippen LogP contribution is 2.46. The fraction of sp³-hybridized carbons (Fsp3) is 0.917. The molecule has 1 heterocycles. The molecule has 0 saturated carbocycles. The number of amides is 1. The molecule has 0 bridgehead atoms. The molecule has 1 aliphatic rings. The van der Waals surface area contributed by atoms with Gasteiger partial charge in [0.1, 0.15) is 54.9 Å². The van der Waals surface area contributed by atoms with Gasteiger partial charge in [-0.3, -0.25) is 0 Å². The molecule has 4 nitrogen and oxygen atoms in total. The second-order valence-electron chi connectivity index (χ2n) is 10.7. The van der Waals surface area contributed by atoms with Crippen molar-refractivity contribution in [2.45, 2.75) is 66.1 Å². The normalized spacial score (nSPS) is 25.0. The lowest BCUT2D eigenvalue weighted by Crippen LogP contribution is -2.90. The van der Waals surface area contributed by atoms with Gasteiger partial charge < -0.3 is 14.5 Å². The van der Waals surface area contributed by atoms with Gasteiger partial charge in [0.15, 0.2) is 7.85 Å². The number of nitrogens with zero attached hydrogens (tertiary/aromatic N) is 2. The molecule has 30 heavy (non-hydrogen) atoms. The van der Waals surface area contributed by atoms with Crippen molar-refractivity contribution in [3.05, 3.63) is 0 Å². The van der Waals surface area contributed by atoms with Crippen molar-refractivity contribution in [1.82, 2.24) is 9.80 Å². The van der Waals surface area contributed by atoms with Crippen LogP contribution in [0.15, 0.2) is 0 Å². The van der Waals surface area contributed by atoms with Crippen molar-refractivity contribution in [3.8, 4) is 0 Å². The summed E-state index contributed by atoms with van der Waals surface area (Å²) in [5.41, 5.74) is -5.02. The van der Waals surface area contributed by atoms with Crippen LogP contribution in [0.3, 0.4) is 0 Å². The first kappa shape index (κ1) is 27.4. The maximum Gasteiger partial charge on any atom is 0.428 e. The van der Waals surface area contributed by atoms with E-state index >= 15 is 0 Å². The largest absolute Gasteiger partial charge is 0.433 e. The number of ether oxygens (including phenoxy) is 1. The molecule has 1 saturated heterocycles. The van der Waals surface area contributed by atoms with Gasteiger partial charge in [-0.05, 0) is 42.7 Å². The van der Waals surface area contributed by atoms with Crippen LogP contribution < -0.4 is 0 Å². The van der Waals surface area contributed by atoms with Gasteiger partial charge in [0.05, 0.1) is 0 Å². The minimum Gasteiger partial charge on any atom is -0.433 e. The first-order valence-electron chi connectivity index (χ1n) is 9.74. The van der Waals surface area contributed by atoms with E-state index in [0.717, 1.165) is 4.90 Å². The Morgan fingerprint density at radius 3 is 1.53 bits per heavy atom. The summed E-state index contributed by atoms with van der Waals surface area (Å²) in [6.45, 7) is 5.90. The molecule has 0 aromatic heterocycles. The fourth-order valence-electron chi connectivity index (χ4n) is 4.66. The summed E-state index contributed by atoms with van der Waals surface area (Å²) < 4.78 is 84.3. The van der Waals surface area contributed by atoms with Crippen molar-refractivity contribution in [2.24, 2.45) is 0 Å². The molecule has 0 aromatic carbocycles. The van der Waals surface area contributed by atoms with Crippen LogP contribution in [0, 0.1) is 0 Å². The average molecular weight is 431 g/mol. The molecule has 1 atom stereocenters. The van der Waals surface area contributed by atoms with Crippen molar-refractivity contribution in [2.75, 3.05) is 0 Å². The predicted molar refractivity (Wildman–Crippen MR) is 125 cm³/mol. The van der Waals surface area contributed by atoms with Gasteiger partial charge in [0.25, 0.3) is 5.50 Å². The van der Waals surface area contributed by atoms with Crippen LogP contribution in [0.5, 0.6) is 0 Å². The number of halogens is 6. The third-order valence-electron chi connectivity index (χ3n) is 6.92. The molecule has 1 amide bonds. The Balaban J connectivity index is 3.63. The van der Waals surface area contributed by atoms with E-state index in [1.165, 1.54) is 0 Å². The summed E-state index contributed by atoms with van der Waals surface area (Å²) in [7, 11) is 11.8. The molecule has 0 radical (unpaired) electrons. The number of alkyl halides is 6. The molecule has 0 spiro atoms. The first-order valence-corrected chi connectivity index (χ1v) is 9.74. The van der Waals surface area contributed by atoms with Crippen LogP contribution in [0.1, 0.15) is 20.8 Å². The summed E-state index contributed by atoms with van der Waals surface area (Å²) in [6, 6.07) is 0. The highest BCUT2D eigenvalue weighted by atomic mass is 19.4. The van der Waals surface area contributed by atoms with Gasteiger partial charge in [0, 0.05) is 5.54 Å². The molecular formula is C12H26B8F6N2O2. The van der Waals surface area contributed by atoms with E-state index in [1.807, 2.05) is 36.5 Å². The molecule has 1 aliphatic heterocycles. The van der Waals surface area contributed by atoms with E-state index in [4.69, 9.17) is 0 Å². The topological polar surface area (TPSA) is 32.8 Å². The lowest BCUT2D eigenvalue weighted by molar-refractivity contribution is -0.331. The van der Waals surface area contributed by atoms with Crippen LogP contribution >= 0.6 is 0 Å². The summed E-state index contributed by atoms with van der Waals surface area (Å²) in [5.74, 6) is -0.406. The summed E-state index contributed by atoms with van der Waals surface area (Å²) >= 11 is 0. The Morgan fingerprint density at radius 2 is 1.23 bits per heavy atom. The number of rotatable bonds is 1. The van der Waals surface area contributed by atoms with Crippen molar-refractivity contribution in [1.29, 1.82) is 0 Å². The quantitative estimate of drug-likeness (QED) is 0.308. The van der Waals surface area contributed by atoms with Gasteiger partial charge in [-0.15, -0.1) is 0 Å². The molecule has 1 unspecified atom stereocenters. The van der Waals surface area contributed by atoms with Gasteiger partial charge in [-0.25, -0.2) is 4.79 Å². The molecule has 1 rings (SSSR count). The monoisotopic (exact) mass is 432 g/mol. The molecule has 0 aromatic rings. The molecule has 162 valence electrons. The third kappa shape index (κ3) is 3.94. The predicted octanol–water partition coefficient (Wildman–Crippen LogP) is -5.29. The highest BCUT2D eigenvalue weighted by Gasteiger charge is 2.72. The van der Waals surface area contributed by atoms with E-state index in [-0.39, 0.29) is 13.4 Å². The summed E-state index contributed by atoms with van der Waals surface area (Å²) in [5, 5.41) is -3.13. The molecule has 18 heteroatoms. The Labute approximate surface area is 181 Å². The standard InChI is InChI=1S/C12H26B8F6N2O2/c1-6(2,3)27-4(13)7(14,15)28(10(19,20)9(27,17)18)5(29)30-8(16,11(21,22)23)12(24,25)26/h4H,13-20H2,1-3H3. The van der Waals surface area contributed by atoms with Crippen LogP contribution in [-0.4, -0.2) is 124 Å². The third-order valence-corrected chi connectivity index (χ3v) is 6.92. The highest BCUT2D eigenvalue weighted by molar-refractivity contribution is 6.57. The van der Waals surface area contributed by atoms with E-state index in [0.29, 0.717) is 0 Å². The molecule has 1 fully saturated rings. The fourth-order valence-corrected chi connectivity index (χ4v) is 4.66. The van der Waals surface area contributed by atoms with Crippen LogP contribution in [0.2, 0.25) is 0 Å². The zero-order valence-corrected chi connectivity index (χ0v) is 19.6. The number of hydrogen-bond donors (Lipinski definition) is 0. The van der Waals surface area contributed by atoms with E-state index in [2.05, 4.69) is 9.64 Å². The number of carbonyl (C=O) groups is 1. The Morgan fingerprint density at radius 1 is 0.867 bits per heavy atom. The molecular weight excluding hydrogens is 405 g/mol. The minimum atomic E-state index is -5.83. The van der Waals surface area contributed by atoms with Crippen molar-refractivity contribution < 1.29 is 35.9 Å². The Hall–Kier alpha value is -0.671. The SMILES string of the molecule is BC1N(C(C)(C)C)C(B)(B)C(B)(B)N(C(=O)OC(B)(C(F)(F)F)C(F)(F)F)C1(B)B. The van der Waals surface area contributed by atoms with E-state index < -0.39 is 45.9 Å². The lowest BCUT2D eigenvalue weighted by Gasteiger charge is -2.71. The zero-order valence-electron chi connectivity index (χ0n) is 19.6. The number of hydrogen-bond acceptors (Lipinski definition) is 3. The van der Waals surface area contributed by atoms with E-state index in [9.17, 15) is 31.1 Å². The van der Waals surface area contributed by atoms with Gasteiger partial charge in [-0.2, -0.15) is 26.3 Å². The van der Waals surface area contributed by atoms with Crippen molar-refractivity contribution >= 4 is 68.9 Å².